The van der Waals surface area contributed by atoms with E-state index < -0.39 is 0 Å². The number of carbonyl (C=O) groups is 2. The molecule has 2 heterocycles. The molecular formula is C15H17N3O2S. The molecule has 0 atom stereocenters. The van der Waals surface area contributed by atoms with Crippen molar-refractivity contribution in [3.8, 4) is 0 Å². The van der Waals surface area contributed by atoms with Crippen molar-refractivity contribution in [3.63, 3.8) is 0 Å². The molecule has 0 bridgehead atoms. The number of piperazine rings is 1. The summed E-state index contributed by atoms with van der Waals surface area (Å²) in [5.74, 6) is 0. The Labute approximate surface area is 128 Å². The first-order chi connectivity index (χ1) is 10.1. The lowest BCUT2D eigenvalue weighted by Crippen LogP contribution is -2.44. The summed E-state index contributed by atoms with van der Waals surface area (Å²) in [5, 5.41) is 2.08. The molecule has 0 unspecified atom stereocenters. The topological polar surface area (TPSA) is 52.6 Å². The first-order valence-corrected chi connectivity index (χ1v) is 7.72. The minimum atomic E-state index is -0.302. The number of thioether (sulfide) groups is 1. The molecule has 0 radical (unpaired) electrons. The van der Waals surface area contributed by atoms with E-state index in [2.05, 4.69) is 28.2 Å². The predicted molar refractivity (Wildman–Crippen MR) is 85.3 cm³/mol. The summed E-state index contributed by atoms with van der Waals surface area (Å²) in [7, 11) is 2.12. The van der Waals surface area contributed by atoms with Gasteiger partial charge in [-0.15, -0.1) is 0 Å². The van der Waals surface area contributed by atoms with Crippen molar-refractivity contribution in [1.29, 1.82) is 0 Å². The van der Waals surface area contributed by atoms with Crippen LogP contribution in [-0.2, 0) is 4.79 Å². The second kappa shape index (κ2) is 5.91. The van der Waals surface area contributed by atoms with Crippen LogP contribution in [-0.4, -0.2) is 48.5 Å². The zero-order valence-electron chi connectivity index (χ0n) is 11.8. The third kappa shape index (κ3) is 3.11. The van der Waals surface area contributed by atoms with Crippen LogP contribution in [0.1, 0.15) is 5.56 Å². The van der Waals surface area contributed by atoms with Crippen LogP contribution in [0.25, 0.3) is 6.08 Å². The minimum absolute atomic E-state index is 0.215. The normalized spacial score (nSPS) is 22.0. The van der Waals surface area contributed by atoms with Gasteiger partial charge in [-0.3, -0.25) is 9.59 Å². The first-order valence-electron chi connectivity index (χ1n) is 6.91. The van der Waals surface area contributed by atoms with E-state index in [0.29, 0.717) is 17.5 Å². The van der Waals surface area contributed by atoms with Gasteiger partial charge in [0.1, 0.15) is 0 Å². The molecule has 2 fully saturated rings. The predicted octanol–water partition coefficient (Wildman–Crippen LogP) is 1.76. The van der Waals surface area contributed by atoms with Gasteiger partial charge in [-0.25, -0.2) is 0 Å². The third-order valence-corrected chi connectivity index (χ3v) is 4.42. The van der Waals surface area contributed by atoms with Gasteiger partial charge in [-0.1, -0.05) is 18.2 Å². The van der Waals surface area contributed by atoms with E-state index in [1.807, 2.05) is 18.2 Å². The molecule has 2 aliphatic heterocycles. The fourth-order valence-electron chi connectivity index (χ4n) is 2.52. The van der Waals surface area contributed by atoms with Crippen molar-refractivity contribution in [2.75, 3.05) is 38.1 Å². The molecule has 5 nitrogen and oxygen atoms in total. The molecule has 21 heavy (non-hydrogen) atoms. The van der Waals surface area contributed by atoms with Gasteiger partial charge in [-0.2, -0.15) is 0 Å². The van der Waals surface area contributed by atoms with E-state index in [1.54, 1.807) is 6.08 Å². The van der Waals surface area contributed by atoms with E-state index in [0.717, 1.165) is 37.4 Å². The number of anilines is 1. The molecule has 3 rings (SSSR count). The highest BCUT2D eigenvalue weighted by molar-refractivity contribution is 8.27. The zero-order chi connectivity index (χ0) is 14.8. The van der Waals surface area contributed by atoms with Crippen LogP contribution < -0.4 is 10.2 Å². The number of hydrogen-bond acceptors (Lipinski definition) is 5. The summed E-state index contributed by atoms with van der Waals surface area (Å²) in [5.41, 5.74) is 2.44. The van der Waals surface area contributed by atoms with Gasteiger partial charge in [0, 0.05) is 49.2 Å². The summed E-state index contributed by atoms with van der Waals surface area (Å²) < 4.78 is 0. The summed E-state index contributed by atoms with van der Waals surface area (Å²) >= 11 is 0.712. The largest absolute Gasteiger partial charge is 0.368 e. The molecule has 0 aromatic heterocycles. The second-order valence-corrected chi connectivity index (χ2v) is 6.15. The number of nitrogens with one attached hydrogen (secondary N) is 1. The molecule has 2 aliphatic rings. The standard InChI is InChI=1S/C15H17N3O2S/c1-17-6-8-18(9-7-17)13-5-3-2-4-11(13)10-12-14(19)21-15(20)16-12/h2-5,10H,6-9H2,1H3,(H,16,20). The number of carbonyl (C=O) groups excluding carboxylic acids is 2. The van der Waals surface area contributed by atoms with E-state index in [1.165, 1.54) is 0 Å². The Bertz CT molecular complexity index is 607. The molecule has 0 saturated carbocycles. The number of para-hydroxylation sites is 1. The fraction of sp³-hybridized carbons (Fsp3) is 0.333. The van der Waals surface area contributed by atoms with Crippen molar-refractivity contribution >= 4 is 33.9 Å². The Morgan fingerprint density at radius 1 is 1.14 bits per heavy atom. The van der Waals surface area contributed by atoms with Crippen molar-refractivity contribution in [2.45, 2.75) is 0 Å². The van der Waals surface area contributed by atoms with Crippen LogP contribution >= 0.6 is 11.8 Å². The average Bonchev–Trinajstić information content (AvgIpc) is 2.79. The highest BCUT2D eigenvalue weighted by Gasteiger charge is 2.26. The number of hydrogen-bond donors (Lipinski definition) is 1. The smallest absolute Gasteiger partial charge is 0.291 e. The van der Waals surface area contributed by atoms with E-state index >= 15 is 0 Å². The number of rotatable bonds is 2. The van der Waals surface area contributed by atoms with E-state index in [4.69, 9.17) is 0 Å². The Morgan fingerprint density at radius 2 is 1.86 bits per heavy atom. The molecule has 1 aromatic carbocycles. The summed E-state index contributed by atoms with van der Waals surface area (Å²) in [6, 6.07) is 7.98. The maximum absolute atomic E-state index is 11.7. The number of likely N-dealkylation sites (N-methyl/N-ethyl adjacent to an activating group) is 1. The SMILES string of the molecule is CN1CCN(c2ccccc2C=C2NC(=O)SC2=O)CC1. The minimum Gasteiger partial charge on any atom is -0.368 e. The van der Waals surface area contributed by atoms with Crippen LogP contribution in [0, 0.1) is 0 Å². The lowest BCUT2D eigenvalue weighted by atomic mass is 10.1. The molecule has 110 valence electrons. The van der Waals surface area contributed by atoms with E-state index in [-0.39, 0.29) is 10.4 Å². The molecule has 2 saturated heterocycles. The summed E-state index contributed by atoms with van der Waals surface area (Å²) in [6.07, 6.45) is 1.77. The van der Waals surface area contributed by atoms with Crippen molar-refractivity contribution in [1.82, 2.24) is 10.2 Å². The van der Waals surface area contributed by atoms with Crippen LogP contribution in [0.2, 0.25) is 0 Å². The van der Waals surface area contributed by atoms with Crippen LogP contribution in [0.4, 0.5) is 10.5 Å². The van der Waals surface area contributed by atoms with Gasteiger partial charge in [0.15, 0.2) is 0 Å². The Kier molecular flexibility index (Phi) is 3.98. The lowest BCUT2D eigenvalue weighted by molar-refractivity contribution is -0.107. The Morgan fingerprint density at radius 3 is 2.52 bits per heavy atom. The maximum atomic E-state index is 11.7. The molecule has 1 N–H and O–H groups in total. The highest BCUT2D eigenvalue weighted by atomic mass is 32.2. The number of nitrogens with zero attached hydrogens (tertiary/aromatic N) is 2. The highest BCUT2D eigenvalue weighted by Crippen LogP contribution is 2.26. The van der Waals surface area contributed by atoms with Crippen molar-refractivity contribution in [2.24, 2.45) is 0 Å². The van der Waals surface area contributed by atoms with Gasteiger partial charge >= 0.3 is 0 Å². The molecular weight excluding hydrogens is 286 g/mol. The average molecular weight is 303 g/mol. The zero-order valence-corrected chi connectivity index (χ0v) is 12.7. The quantitative estimate of drug-likeness (QED) is 0.844. The van der Waals surface area contributed by atoms with Crippen LogP contribution in [0.3, 0.4) is 0 Å². The van der Waals surface area contributed by atoms with Crippen LogP contribution in [0.5, 0.6) is 0 Å². The number of amides is 1. The lowest BCUT2D eigenvalue weighted by Gasteiger charge is -2.34. The number of benzene rings is 1. The molecule has 0 spiro atoms. The second-order valence-electron chi connectivity index (χ2n) is 5.21. The van der Waals surface area contributed by atoms with Gasteiger partial charge in [-0.05, 0) is 19.2 Å². The maximum Gasteiger partial charge on any atom is 0.291 e. The summed E-state index contributed by atoms with van der Waals surface area (Å²) in [6.45, 7) is 3.98. The molecule has 1 aromatic rings. The van der Waals surface area contributed by atoms with Gasteiger partial charge in [0.2, 0.25) is 5.12 Å². The first kappa shape index (κ1) is 14.2. The van der Waals surface area contributed by atoms with Crippen LogP contribution in [0.15, 0.2) is 30.0 Å². The molecule has 6 heteroatoms. The van der Waals surface area contributed by atoms with Crippen molar-refractivity contribution in [3.05, 3.63) is 35.5 Å². The van der Waals surface area contributed by atoms with Crippen molar-refractivity contribution < 1.29 is 9.59 Å². The summed E-state index contributed by atoms with van der Waals surface area (Å²) in [4.78, 5) is 27.6. The van der Waals surface area contributed by atoms with Gasteiger partial charge < -0.3 is 15.1 Å². The van der Waals surface area contributed by atoms with Gasteiger partial charge in [0.25, 0.3) is 5.24 Å². The van der Waals surface area contributed by atoms with Gasteiger partial charge in [0.05, 0.1) is 5.70 Å². The molecule has 0 aliphatic carbocycles. The third-order valence-electron chi connectivity index (χ3n) is 3.72. The van der Waals surface area contributed by atoms with E-state index in [9.17, 15) is 9.59 Å². The fourth-order valence-corrected chi connectivity index (χ4v) is 3.07. The monoisotopic (exact) mass is 303 g/mol. The Hall–Kier alpha value is -1.79. The Balaban J connectivity index is 1.88. The molecule has 1 amide bonds.